The number of carbonyl (C=O) groups is 2. The van der Waals surface area contributed by atoms with Crippen LogP contribution in [-0.2, 0) is 23.2 Å². The molecule has 1 aliphatic rings. The van der Waals surface area contributed by atoms with Crippen molar-refractivity contribution in [1.82, 2.24) is 4.57 Å². The first-order valence-corrected chi connectivity index (χ1v) is 13.6. The number of Topliss-reactive ketones (excluding diaryl/α,β-unsaturated/α-hetero) is 1. The third-order valence-electron chi connectivity index (χ3n) is 7.46. The first-order valence-electron chi connectivity index (χ1n) is 13.2. The number of aliphatic hydroxyl groups excluding tert-OH is 1. The van der Waals surface area contributed by atoms with Gasteiger partial charge in [0, 0.05) is 46.0 Å². The van der Waals surface area contributed by atoms with Crippen molar-refractivity contribution in [2.75, 3.05) is 4.90 Å². The number of fused-ring (bicyclic) bond motifs is 1. The second-order valence-corrected chi connectivity index (χ2v) is 10.5. The summed E-state index contributed by atoms with van der Waals surface area (Å²) in [4.78, 5) is 28.7. The molecule has 6 rings (SSSR count). The molecule has 41 heavy (non-hydrogen) atoms. The van der Waals surface area contributed by atoms with Gasteiger partial charge in [-0.2, -0.15) is 0 Å². The molecule has 1 saturated heterocycles. The summed E-state index contributed by atoms with van der Waals surface area (Å²) in [5, 5.41) is 13.1. The minimum atomic E-state index is -0.850. The van der Waals surface area contributed by atoms with Crippen LogP contribution in [0.5, 0.6) is 5.75 Å². The second-order valence-electron chi connectivity index (χ2n) is 10.1. The molecule has 0 aliphatic carbocycles. The number of aromatic nitrogens is 1. The highest BCUT2D eigenvalue weighted by atomic mass is 35.5. The number of anilines is 1. The molecule has 7 heteroatoms. The summed E-state index contributed by atoms with van der Waals surface area (Å²) in [5.41, 5.74) is 4.47. The van der Waals surface area contributed by atoms with Gasteiger partial charge in [0.2, 0.25) is 0 Å². The Morgan fingerprint density at radius 1 is 0.927 bits per heavy atom. The van der Waals surface area contributed by atoms with E-state index in [4.69, 9.17) is 16.3 Å². The quantitative estimate of drug-likeness (QED) is 0.133. The smallest absolute Gasteiger partial charge is 0.300 e. The highest BCUT2D eigenvalue weighted by Crippen LogP contribution is 2.45. The third-order valence-corrected chi connectivity index (χ3v) is 7.71. The van der Waals surface area contributed by atoms with Gasteiger partial charge in [-0.1, -0.05) is 60.1 Å². The van der Waals surface area contributed by atoms with E-state index in [0.717, 1.165) is 27.6 Å². The summed E-state index contributed by atoms with van der Waals surface area (Å²) >= 11 is 6.13. The number of aliphatic hydroxyl groups is 1. The Morgan fingerprint density at radius 3 is 2.37 bits per heavy atom. The zero-order valence-corrected chi connectivity index (χ0v) is 23.3. The molecule has 2 heterocycles. The van der Waals surface area contributed by atoms with Crippen LogP contribution in [0.3, 0.4) is 0 Å². The number of aryl methyl sites for hydroxylation is 2. The number of rotatable bonds is 6. The molecule has 1 amide bonds. The van der Waals surface area contributed by atoms with Gasteiger partial charge in [0.25, 0.3) is 11.7 Å². The van der Waals surface area contributed by atoms with E-state index in [0.29, 0.717) is 28.6 Å². The predicted octanol–water partition coefficient (Wildman–Crippen LogP) is 7.35. The molecule has 1 unspecified atom stereocenters. The molecule has 6 nitrogen and oxygen atoms in total. The highest BCUT2D eigenvalue weighted by Gasteiger charge is 2.47. The summed E-state index contributed by atoms with van der Waals surface area (Å²) in [6, 6.07) is 28.8. The molecular weight excluding hydrogens is 536 g/mol. The summed E-state index contributed by atoms with van der Waals surface area (Å²) < 4.78 is 7.96. The van der Waals surface area contributed by atoms with Crippen LogP contribution >= 0.6 is 11.6 Å². The molecule has 4 aromatic carbocycles. The summed E-state index contributed by atoms with van der Waals surface area (Å²) in [5.74, 6) is -1.04. The van der Waals surface area contributed by atoms with Gasteiger partial charge in [-0.25, -0.2) is 0 Å². The monoisotopic (exact) mass is 562 g/mol. The van der Waals surface area contributed by atoms with Crippen molar-refractivity contribution in [3.05, 3.63) is 136 Å². The SMILES string of the molecule is Cc1cc(/C(O)=C2\C(=O)C(=O)N(c3ccc(Cl)cc3)C2c2cn(C)c3ccccc23)ccc1OCc1ccccc1. The van der Waals surface area contributed by atoms with Gasteiger partial charge in [0.15, 0.2) is 0 Å². The minimum Gasteiger partial charge on any atom is -0.507 e. The van der Waals surface area contributed by atoms with Crippen molar-refractivity contribution < 1.29 is 19.4 Å². The molecule has 5 aromatic rings. The van der Waals surface area contributed by atoms with Crippen LogP contribution in [0.25, 0.3) is 16.7 Å². The normalized spacial score (nSPS) is 16.5. The number of halogens is 1. The van der Waals surface area contributed by atoms with Crippen LogP contribution in [0.2, 0.25) is 5.02 Å². The van der Waals surface area contributed by atoms with Gasteiger partial charge in [-0.15, -0.1) is 0 Å². The van der Waals surface area contributed by atoms with Crippen molar-refractivity contribution in [1.29, 1.82) is 0 Å². The lowest BCUT2D eigenvalue weighted by atomic mass is 9.94. The maximum atomic E-state index is 13.6. The number of ether oxygens (including phenoxy) is 1. The van der Waals surface area contributed by atoms with Crippen LogP contribution in [0.15, 0.2) is 109 Å². The number of hydrogen-bond donors (Lipinski definition) is 1. The van der Waals surface area contributed by atoms with E-state index in [-0.39, 0.29) is 11.3 Å². The second kappa shape index (κ2) is 10.6. The molecule has 0 bridgehead atoms. The van der Waals surface area contributed by atoms with Gasteiger partial charge in [0.05, 0.1) is 11.6 Å². The lowest BCUT2D eigenvalue weighted by molar-refractivity contribution is -0.132. The topological polar surface area (TPSA) is 71.8 Å². The fraction of sp³-hybridized carbons (Fsp3) is 0.118. The first kappa shape index (κ1) is 26.4. The number of amides is 1. The maximum absolute atomic E-state index is 13.6. The fourth-order valence-electron chi connectivity index (χ4n) is 5.44. The van der Waals surface area contributed by atoms with Crippen LogP contribution < -0.4 is 9.64 Å². The van der Waals surface area contributed by atoms with Crippen LogP contribution in [0.1, 0.15) is 28.3 Å². The number of ketones is 1. The zero-order valence-electron chi connectivity index (χ0n) is 22.5. The van der Waals surface area contributed by atoms with Gasteiger partial charge in [0.1, 0.15) is 18.1 Å². The summed E-state index contributed by atoms with van der Waals surface area (Å²) in [7, 11) is 1.91. The Balaban J connectivity index is 1.46. The van der Waals surface area contributed by atoms with E-state index >= 15 is 0 Å². The molecule has 1 aliphatic heterocycles. The van der Waals surface area contributed by atoms with Crippen LogP contribution in [0.4, 0.5) is 5.69 Å². The maximum Gasteiger partial charge on any atom is 0.300 e. The standard InChI is InChI=1S/C34H27ClN2O4/c1-21-18-23(12-17-29(21)41-20-22-8-4-3-5-9-22)32(38)30-31(27-19-36(2)28-11-7-6-10-26(27)28)37(34(40)33(30)39)25-15-13-24(35)14-16-25/h3-19,31,38H,20H2,1-2H3/b32-30+. The molecular formula is C34H27ClN2O4. The van der Waals surface area contributed by atoms with Crippen molar-refractivity contribution >= 4 is 45.6 Å². The molecule has 1 aromatic heterocycles. The Morgan fingerprint density at radius 2 is 1.63 bits per heavy atom. The highest BCUT2D eigenvalue weighted by molar-refractivity contribution is 6.52. The van der Waals surface area contributed by atoms with Crippen LogP contribution in [-0.4, -0.2) is 21.4 Å². The summed E-state index contributed by atoms with van der Waals surface area (Å²) in [6.45, 7) is 2.28. The average molecular weight is 563 g/mol. The number of carbonyl (C=O) groups excluding carboxylic acids is 2. The Kier molecular flexibility index (Phi) is 6.85. The molecule has 0 radical (unpaired) electrons. The molecule has 0 spiro atoms. The van der Waals surface area contributed by atoms with E-state index in [1.54, 1.807) is 42.5 Å². The minimum absolute atomic E-state index is 0.0265. The Hall–Kier alpha value is -4.81. The number of hydrogen-bond acceptors (Lipinski definition) is 4. The van der Waals surface area contributed by atoms with Crippen molar-refractivity contribution in [3.63, 3.8) is 0 Å². The number of nitrogens with zero attached hydrogens (tertiary/aromatic N) is 2. The third kappa shape index (κ3) is 4.77. The molecule has 0 saturated carbocycles. The van der Waals surface area contributed by atoms with Gasteiger partial charge >= 0.3 is 0 Å². The van der Waals surface area contributed by atoms with E-state index in [9.17, 15) is 14.7 Å². The lowest BCUT2D eigenvalue weighted by Crippen LogP contribution is -2.29. The number of benzene rings is 4. The van der Waals surface area contributed by atoms with Gasteiger partial charge in [-0.3, -0.25) is 14.5 Å². The predicted molar refractivity (Wildman–Crippen MR) is 161 cm³/mol. The van der Waals surface area contributed by atoms with E-state index in [1.807, 2.05) is 79.3 Å². The van der Waals surface area contributed by atoms with Crippen molar-refractivity contribution in [2.24, 2.45) is 7.05 Å². The van der Waals surface area contributed by atoms with E-state index in [2.05, 4.69) is 0 Å². The Labute approximate surface area is 242 Å². The molecule has 1 atom stereocenters. The molecule has 204 valence electrons. The van der Waals surface area contributed by atoms with Crippen LogP contribution in [0, 0.1) is 6.92 Å². The van der Waals surface area contributed by atoms with Crippen molar-refractivity contribution in [2.45, 2.75) is 19.6 Å². The number of para-hydroxylation sites is 1. The molecule has 1 N–H and O–H groups in total. The van der Waals surface area contributed by atoms with E-state index in [1.165, 1.54) is 4.90 Å². The Bertz CT molecular complexity index is 1820. The van der Waals surface area contributed by atoms with E-state index < -0.39 is 17.7 Å². The van der Waals surface area contributed by atoms with Gasteiger partial charge in [-0.05, 0) is 66.6 Å². The first-order chi connectivity index (χ1) is 19.8. The summed E-state index contributed by atoms with van der Waals surface area (Å²) in [6.07, 6.45) is 1.91. The lowest BCUT2D eigenvalue weighted by Gasteiger charge is -2.25. The molecule has 1 fully saturated rings. The average Bonchev–Trinajstić information content (AvgIpc) is 3.45. The van der Waals surface area contributed by atoms with Gasteiger partial charge < -0.3 is 14.4 Å². The largest absolute Gasteiger partial charge is 0.507 e. The zero-order chi connectivity index (χ0) is 28.7. The van der Waals surface area contributed by atoms with Crippen molar-refractivity contribution in [3.8, 4) is 5.75 Å². The fourth-order valence-corrected chi connectivity index (χ4v) is 5.56.